The van der Waals surface area contributed by atoms with Crippen molar-refractivity contribution in [2.24, 2.45) is 16.5 Å². The molecule has 2 fully saturated rings. The summed E-state index contributed by atoms with van der Waals surface area (Å²) in [7, 11) is 0. The van der Waals surface area contributed by atoms with Crippen LogP contribution in [0.1, 0.15) is 52.4 Å². The van der Waals surface area contributed by atoms with Crippen LogP contribution in [0, 0.1) is 0 Å². The average Bonchev–Trinajstić information content (AvgIpc) is 3.57. The molecule has 2 aliphatic heterocycles. The van der Waals surface area contributed by atoms with Crippen LogP contribution in [0.4, 0.5) is 0 Å². The first-order valence-electron chi connectivity index (χ1n) is 14.8. The van der Waals surface area contributed by atoms with Gasteiger partial charge in [0.1, 0.15) is 36.0 Å². The number of thiocarbonyl (C=S) groups is 1. The van der Waals surface area contributed by atoms with Crippen molar-refractivity contribution in [1.82, 2.24) is 31.1 Å². The van der Waals surface area contributed by atoms with Crippen molar-refractivity contribution in [3.05, 3.63) is 0 Å². The zero-order valence-electron chi connectivity index (χ0n) is 25.8. The number of Topliss-reactive ketones (excluding diaryl/α,β-unsaturated/α-hetero) is 1. The Morgan fingerprint density at radius 3 is 2.41 bits per heavy atom. The highest BCUT2D eigenvalue weighted by Crippen LogP contribution is 2.23. The maximum absolute atomic E-state index is 13.3. The normalized spacial score (nSPS) is 21.0. The van der Waals surface area contributed by atoms with Gasteiger partial charge in [0.25, 0.3) is 0 Å². The molecule has 2 heterocycles. The zero-order chi connectivity index (χ0) is 34.6. The maximum atomic E-state index is 13.3. The molecule has 0 aromatic rings. The first kappa shape index (κ1) is 37.8. The largest absolute Gasteiger partial charge is 0.480 e. The number of amides is 5. The van der Waals surface area contributed by atoms with Crippen molar-refractivity contribution in [1.29, 1.82) is 0 Å². The lowest BCUT2D eigenvalue weighted by Gasteiger charge is -2.30. The van der Waals surface area contributed by atoms with Crippen molar-refractivity contribution in [3.8, 4) is 0 Å². The molecule has 6 atom stereocenters. The van der Waals surface area contributed by atoms with Gasteiger partial charge in [-0.15, -0.1) is 0 Å². The summed E-state index contributed by atoms with van der Waals surface area (Å²) in [6.07, 6.45) is 1.15. The lowest BCUT2D eigenvalue weighted by atomic mass is 10.1. The van der Waals surface area contributed by atoms with Gasteiger partial charge in [-0.3, -0.25) is 33.8 Å². The lowest BCUT2D eigenvalue weighted by molar-refractivity contribution is -0.146. The van der Waals surface area contributed by atoms with E-state index >= 15 is 0 Å². The van der Waals surface area contributed by atoms with E-state index in [9.17, 15) is 43.8 Å². The lowest BCUT2D eigenvalue weighted by Crippen LogP contribution is -2.57. The minimum atomic E-state index is -1.46. The number of carboxylic acids is 1. The van der Waals surface area contributed by atoms with E-state index in [1.807, 2.05) is 0 Å². The predicted octanol–water partition coefficient (Wildman–Crippen LogP) is -3.92. The molecule has 2 aliphatic rings. The summed E-state index contributed by atoms with van der Waals surface area (Å²) in [6.45, 7) is 2.25. The van der Waals surface area contributed by atoms with Gasteiger partial charge in [0, 0.05) is 25.6 Å². The number of guanidine groups is 1. The molecule has 256 valence electrons. The van der Waals surface area contributed by atoms with Gasteiger partial charge < -0.3 is 52.7 Å². The van der Waals surface area contributed by atoms with Gasteiger partial charge in [-0.2, -0.15) is 0 Å². The number of hydrogen-bond acceptors (Lipinski definition) is 10. The second kappa shape index (κ2) is 17.9. The number of carboxylic acid groups (broad SMARTS) is 1. The molecule has 46 heavy (non-hydrogen) atoms. The molecule has 0 aliphatic carbocycles. The summed E-state index contributed by atoms with van der Waals surface area (Å²) in [4.78, 5) is 94.6. The number of nitrogens with zero attached hydrogens (tertiary/aromatic N) is 3. The number of nitrogens with one attached hydrogen (secondary N) is 4. The van der Waals surface area contributed by atoms with Gasteiger partial charge in [-0.25, -0.2) is 4.79 Å². The maximum Gasteiger partial charge on any atom is 0.326 e. The highest BCUT2D eigenvalue weighted by molar-refractivity contribution is 7.78. The molecule has 18 nitrogen and oxygen atoms in total. The molecule has 0 spiro atoms. The molecule has 2 rings (SSSR count). The molecule has 5 amide bonds. The van der Waals surface area contributed by atoms with Gasteiger partial charge in [-0.1, -0.05) is 12.2 Å². The van der Waals surface area contributed by atoms with Crippen LogP contribution in [0.3, 0.4) is 0 Å². The molecular formula is C27H43N9O9S. The third kappa shape index (κ3) is 10.9. The summed E-state index contributed by atoms with van der Waals surface area (Å²) in [5, 5.41) is 29.3. The van der Waals surface area contributed by atoms with Crippen LogP contribution < -0.4 is 32.7 Å². The predicted molar refractivity (Wildman–Crippen MR) is 167 cm³/mol. The fourth-order valence-electron chi connectivity index (χ4n) is 5.36. The van der Waals surface area contributed by atoms with E-state index in [4.69, 9.17) is 23.7 Å². The van der Waals surface area contributed by atoms with E-state index < -0.39 is 97.1 Å². The van der Waals surface area contributed by atoms with E-state index in [1.54, 1.807) is 11.8 Å². The Morgan fingerprint density at radius 1 is 1.13 bits per heavy atom. The van der Waals surface area contributed by atoms with Crippen LogP contribution in [0.25, 0.3) is 0 Å². The number of nitrogens with two attached hydrogens (primary N) is 2. The Morgan fingerprint density at radius 2 is 1.83 bits per heavy atom. The number of aliphatic imine (C=N–C) groups is 1. The monoisotopic (exact) mass is 669 g/mol. The molecule has 0 aromatic heterocycles. The SMILES string of the molecule is CC(=O)C[C@H](NC(=O)CNC(=O)[C@@H]1CCCN1C=S)C(=O)NC1CC(C)N([C@@H](CO)C(=O)NC(CCCN=C(N)N)C(=O)O)C1=O. The number of carbonyl (C=O) groups excluding carboxylic acids is 6. The van der Waals surface area contributed by atoms with Gasteiger partial charge in [0.15, 0.2) is 5.96 Å². The minimum Gasteiger partial charge on any atom is -0.480 e. The minimum absolute atomic E-state index is 0.0176. The van der Waals surface area contributed by atoms with E-state index in [0.717, 1.165) is 11.3 Å². The number of aliphatic carboxylic acids is 1. The van der Waals surface area contributed by atoms with E-state index in [-0.39, 0.29) is 31.8 Å². The van der Waals surface area contributed by atoms with Crippen molar-refractivity contribution in [3.63, 3.8) is 0 Å². The van der Waals surface area contributed by atoms with Crippen molar-refractivity contribution in [2.45, 2.75) is 88.6 Å². The number of ketones is 1. The summed E-state index contributed by atoms with van der Waals surface area (Å²) in [5.41, 5.74) is 11.9. The first-order chi connectivity index (χ1) is 21.7. The molecule has 2 saturated heterocycles. The van der Waals surface area contributed by atoms with E-state index in [2.05, 4.69) is 26.3 Å². The molecule has 0 bridgehead atoms. The Labute approximate surface area is 271 Å². The molecular weight excluding hydrogens is 626 g/mol. The number of hydrogen-bond donors (Lipinski definition) is 8. The summed E-state index contributed by atoms with van der Waals surface area (Å²) in [6, 6.07) is -6.52. The molecule has 10 N–H and O–H groups in total. The van der Waals surface area contributed by atoms with Crippen LogP contribution in [-0.4, -0.2) is 135 Å². The highest BCUT2D eigenvalue weighted by atomic mass is 32.1. The topological polar surface area (TPSA) is 279 Å². The average molecular weight is 670 g/mol. The van der Waals surface area contributed by atoms with Crippen LogP contribution in [-0.2, 0) is 33.6 Å². The standard InChI is InChI=1S/C27H43N9O9S/c1-14-9-18(25(43)36(14)20(12-37)24(42)33-16(26(44)45)5-3-7-30-27(28)29)34-22(40)17(10-15(2)38)32-21(39)11-31-23(41)19-6-4-8-35(19)13-46/h13-14,16-20,37H,3-12H2,1-2H3,(H,31,41)(H,32,39)(H,33,42)(H,34,40)(H,44,45)(H4,28,29,30)/t14?,16?,17-,18?,19-,20-/m0/s1. The van der Waals surface area contributed by atoms with Crippen LogP contribution in [0.2, 0.25) is 0 Å². The smallest absolute Gasteiger partial charge is 0.326 e. The van der Waals surface area contributed by atoms with Gasteiger partial charge in [0.05, 0.1) is 18.6 Å². The fourth-order valence-corrected chi connectivity index (χ4v) is 5.61. The number of likely N-dealkylation sites (tertiary alicyclic amines) is 2. The Hall–Kier alpha value is -4.39. The number of carbonyl (C=O) groups is 7. The van der Waals surface area contributed by atoms with Crippen molar-refractivity contribution >= 4 is 65.0 Å². The Balaban J connectivity index is 2.02. The molecule has 3 unspecified atom stereocenters. The first-order valence-corrected chi connectivity index (χ1v) is 15.3. The molecule has 0 aromatic carbocycles. The van der Waals surface area contributed by atoms with Crippen LogP contribution in [0.5, 0.6) is 0 Å². The van der Waals surface area contributed by atoms with E-state index in [0.29, 0.717) is 13.0 Å². The second-order valence-electron chi connectivity index (χ2n) is 11.2. The molecule has 0 radical (unpaired) electrons. The van der Waals surface area contributed by atoms with Crippen LogP contribution in [0.15, 0.2) is 4.99 Å². The Kier molecular flexibility index (Phi) is 14.7. The van der Waals surface area contributed by atoms with Gasteiger partial charge >= 0.3 is 5.97 Å². The third-order valence-corrected chi connectivity index (χ3v) is 7.86. The van der Waals surface area contributed by atoms with Crippen molar-refractivity contribution in [2.75, 3.05) is 26.2 Å². The second-order valence-corrected chi connectivity index (χ2v) is 11.4. The number of aliphatic hydroxyl groups excluding tert-OH is 1. The third-order valence-electron chi connectivity index (χ3n) is 7.59. The van der Waals surface area contributed by atoms with Gasteiger partial charge in [-0.05, 0) is 46.0 Å². The zero-order valence-corrected chi connectivity index (χ0v) is 26.6. The highest BCUT2D eigenvalue weighted by Gasteiger charge is 2.45. The Bertz CT molecular complexity index is 1210. The van der Waals surface area contributed by atoms with Gasteiger partial charge in [0.2, 0.25) is 29.5 Å². The van der Waals surface area contributed by atoms with E-state index in [1.165, 1.54) is 12.4 Å². The number of rotatable bonds is 18. The number of aliphatic hydroxyl groups is 1. The van der Waals surface area contributed by atoms with Crippen molar-refractivity contribution < 1.29 is 43.8 Å². The molecule has 0 saturated carbocycles. The summed E-state index contributed by atoms with van der Waals surface area (Å²) >= 11 is 4.91. The quantitative estimate of drug-likeness (QED) is 0.0300. The fraction of sp³-hybridized carbons (Fsp3) is 0.667. The summed E-state index contributed by atoms with van der Waals surface area (Å²) in [5.74, 6) is -5.57. The summed E-state index contributed by atoms with van der Waals surface area (Å²) < 4.78 is 0. The molecule has 19 heteroatoms. The van der Waals surface area contributed by atoms with Crippen LogP contribution >= 0.6 is 12.2 Å².